The summed E-state index contributed by atoms with van der Waals surface area (Å²) in [6.07, 6.45) is 5.45. The third-order valence-corrected chi connectivity index (χ3v) is 4.89. The molecule has 1 amide bonds. The summed E-state index contributed by atoms with van der Waals surface area (Å²) in [7, 11) is 0. The van der Waals surface area contributed by atoms with Gasteiger partial charge in [-0.15, -0.1) is 0 Å². The van der Waals surface area contributed by atoms with Gasteiger partial charge in [0.1, 0.15) is 5.69 Å². The largest absolute Gasteiger partial charge is 0.350 e. The molecule has 1 unspecified atom stereocenters. The molecule has 0 bridgehead atoms. The van der Waals surface area contributed by atoms with Crippen LogP contribution in [0.2, 0.25) is 0 Å². The first-order valence-corrected chi connectivity index (χ1v) is 8.25. The summed E-state index contributed by atoms with van der Waals surface area (Å²) in [4.78, 5) is 12.4. The molecule has 2 aliphatic carbocycles. The number of benzene rings is 1. The van der Waals surface area contributed by atoms with E-state index < -0.39 is 0 Å². The molecule has 1 fully saturated rings. The maximum atomic E-state index is 12.4. The van der Waals surface area contributed by atoms with Crippen LogP contribution in [-0.2, 0) is 6.42 Å². The number of hydrogen-bond donors (Lipinski definition) is 1. The summed E-state index contributed by atoms with van der Waals surface area (Å²) in [5.74, 6) is 0.509. The van der Waals surface area contributed by atoms with Gasteiger partial charge in [-0.3, -0.25) is 4.79 Å². The van der Waals surface area contributed by atoms with E-state index in [2.05, 4.69) is 50.1 Å². The van der Waals surface area contributed by atoms with Crippen molar-refractivity contribution in [2.24, 2.45) is 0 Å². The van der Waals surface area contributed by atoms with Gasteiger partial charge < -0.3 is 9.88 Å². The first-order chi connectivity index (χ1) is 10.2. The van der Waals surface area contributed by atoms with Crippen LogP contribution in [-0.4, -0.2) is 17.0 Å². The Morgan fingerprint density at radius 1 is 1.33 bits per heavy atom. The lowest BCUT2D eigenvalue weighted by molar-refractivity contribution is 0.0940. The Labute approximate surface area is 132 Å². The molecule has 1 N–H and O–H groups in total. The third kappa shape index (κ3) is 2.42. The van der Waals surface area contributed by atoms with Crippen LogP contribution in [0.15, 0.2) is 41.0 Å². The molecule has 0 aliphatic heterocycles. The Morgan fingerprint density at radius 2 is 2.14 bits per heavy atom. The zero-order valence-electron chi connectivity index (χ0n) is 11.7. The summed E-state index contributed by atoms with van der Waals surface area (Å²) in [5.41, 5.74) is 3.58. The van der Waals surface area contributed by atoms with Gasteiger partial charge in [0.2, 0.25) is 0 Å². The van der Waals surface area contributed by atoms with Crippen molar-refractivity contribution in [1.82, 2.24) is 9.88 Å². The molecule has 2 aliphatic rings. The van der Waals surface area contributed by atoms with Crippen LogP contribution >= 0.6 is 15.9 Å². The molecule has 1 aromatic heterocycles. The normalized spacial score (nSPS) is 19.8. The number of carbonyl (C=O) groups excluding carboxylic acids is 1. The lowest BCUT2D eigenvalue weighted by Crippen LogP contribution is -2.34. The minimum Gasteiger partial charge on any atom is -0.350 e. The van der Waals surface area contributed by atoms with Crippen LogP contribution < -0.4 is 5.32 Å². The smallest absolute Gasteiger partial charge is 0.267 e. The third-order valence-electron chi connectivity index (χ3n) is 4.46. The van der Waals surface area contributed by atoms with Gasteiger partial charge in [0, 0.05) is 29.2 Å². The highest BCUT2D eigenvalue weighted by atomic mass is 79.9. The predicted octanol–water partition coefficient (Wildman–Crippen LogP) is 3.66. The maximum Gasteiger partial charge on any atom is 0.267 e. The van der Waals surface area contributed by atoms with Gasteiger partial charge >= 0.3 is 0 Å². The van der Waals surface area contributed by atoms with E-state index >= 15 is 0 Å². The number of nitrogens with one attached hydrogen (secondary N) is 1. The van der Waals surface area contributed by atoms with Crippen molar-refractivity contribution in [3.63, 3.8) is 0 Å². The number of carbonyl (C=O) groups is 1. The fourth-order valence-corrected chi connectivity index (χ4v) is 3.57. The number of aromatic nitrogens is 1. The summed E-state index contributed by atoms with van der Waals surface area (Å²) in [5, 5.41) is 3.10. The molecule has 0 saturated heterocycles. The molecule has 4 heteroatoms. The van der Waals surface area contributed by atoms with Crippen molar-refractivity contribution in [2.45, 2.75) is 31.2 Å². The highest BCUT2D eigenvalue weighted by Gasteiger charge is 2.29. The Balaban J connectivity index is 1.43. The number of hydrogen-bond acceptors (Lipinski definition) is 1. The topological polar surface area (TPSA) is 34.0 Å². The van der Waals surface area contributed by atoms with E-state index in [-0.39, 0.29) is 5.91 Å². The van der Waals surface area contributed by atoms with E-state index in [1.165, 1.54) is 24.0 Å². The summed E-state index contributed by atoms with van der Waals surface area (Å²) in [6, 6.07) is 10.9. The molecule has 3 nitrogen and oxygen atoms in total. The minimum atomic E-state index is 0.0389. The first kappa shape index (κ1) is 13.1. The molecule has 1 heterocycles. The van der Waals surface area contributed by atoms with E-state index in [0.717, 1.165) is 23.1 Å². The zero-order chi connectivity index (χ0) is 14.4. The monoisotopic (exact) mass is 344 g/mol. The highest BCUT2D eigenvalue weighted by Crippen LogP contribution is 2.38. The summed E-state index contributed by atoms with van der Waals surface area (Å²) >= 11 is 3.47. The van der Waals surface area contributed by atoms with Crippen LogP contribution in [0.5, 0.6) is 0 Å². The molecule has 21 heavy (non-hydrogen) atoms. The average molecular weight is 345 g/mol. The second kappa shape index (κ2) is 5.02. The summed E-state index contributed by atoms with van der Waals surface area (Å²) < 4.78 is 3.09. The fourth-order valence-electron chi connectivity index (χ4n) is 3.13. The van der Waals surface area contributed by atoms with Crippen molar-refractivity contribution in [1.29, 1.82) is 0 Å². The van der Waals surface area contributed by atoms with Crippen molar-refractivity contribution >= 4 is 21.8 Å². The van der Waals surface area contributed by atoms with E-state index in [9.17, 15) is 4.79 Å². The lowest BCUT2D eigenvalue weighted by Gasteiger charge is -2.30. The van der Waals surface area contributed by atoms with E-state index in [0.29, 0.717) is 12.0 Å². The van der Waals surface area contributed by atoms with Crippen LogP contribution in [0, 0.1) is 0 Å². The van der Waals surface area contributed by atoms with Gasteiger partial charge in [0.05, 0.1) is 0 Å². The number of nitrogens with zero attached hydrogens (tertiary/aromatic N) is 1. The van der Waals surface area contributed by atoms with Crippen LogP contribution in [0.25, 0.3) is 0 Å². The predicted molar refractivity (Wildman–Crippen MR) is 85.6 cm³/mol. The average Bonchev–Trinajstić information content (AvgIpc) is 3.22. The molecule has 0 spiro atoms. The van der Waals surface area contributed by atoms with Crippen LogP contribution in [0.1, 0.15) is 46.4 Å². The molecule has 1 saturated carbocycles. The molecular weight excluding hydrogens is 328 g/mol. The second-order valence-corrected chi connectivity index (χ2v) is 6.91. The molecule has 1 atom stereocenters. The van der Waals surface area contributed by atoms with Gasteiger partial charge in [0.15, 0.2) is 0 Å². The maximum absolute atomic E-state index is 12.4. The van der Waals surface area contributed by atoms with Crippen LogP contribution in [0.4, 0.5) is 0 Å². The van der Waals surface area contributed by atoms with Gasteiger partial charge in [0.25, 0.3) is 5.91 Å². The molecule has 2 aromatic rings. The molecule has 1 aromatic carbocycles. The SMILES string of the molecule is O=C(NCC1Cc2ccccc21)c1cc(Br)cn1C1CC1. The Hall–Kier alpha value is -1.55. The highest BCUT2D eigenvalue weighted by molar-refractivity contribution is 9.10. The number of rotatable bonds is 4. The Kier molecular flexibility index (Phi) is 3.14. The first-order valence-electron chi connectivity index (χ1n) is 7.46. The van der Waals surface area contributed by atoms with E-state index in [1.807, 2.05) is 12.3 Å². The zero-order valence-corrected chi connectivity index (χ0v) is 13.3. The van der Waals surface area contributed by atoms with Gasteiger partial charge in [-0.05, 0) is 52.4 Å². The van der Waals surface area contributed by atoms with Crippen molar-refractivity contribution in [3.8, 4) is 0 Å². The summed E-state index contributed by atoms with van der Waals surface area (Å²) in [6.45, 7) is 0.726. The molecule has 108 valence electrons. The molecule has 0 radical (unpaired) electrons. The number of halogens is 1. The molecule has 4 rings (SSSR count). The van der Waals surface area contributed by atoms with Crippen molar-refractivity contribution < 1.29 is 4.79 Å². The second-order valence-electron chi connectivity index (χ2n) is 5.99. The minimum absolute atomic E-state index is 0.0389. The Morgan fingerprint density at radius 3 is 2.90 bits per heavy atom. The molecular formula is C17H17BrN2O. The van der Waals surface area contributed by atoms with Gasteiger partial charge in [-0.1, -0.05) is 24.3 Å². The standard InChI is InChI=1S/C17H17BrN2O/c18-13-8-16(20(10-13)14-5-6-14)17(21)19-9-12-7-11-3-1-2-4-15(11)12/h1-4,8,10,12,14H,5-7,9H2,(H,19,21). The van der Waals surface area contributed by atoms with Gasteiger partial charge in [-0.25, -0.2) is 0 Å². The lowest BCUT2D eigenvalue weighted by atomic mass is 9.77. The fraction of sp³-hybridized carbons (Fsp3) is 0.353. The van der Waals surface area contributed by atoms with E-state index in [4.69, 9.17) is 0 Å². The van der Waals surface area contributed by atoms with Crippen LogP contribution in [0.3, 0.4) is 0 Å². The Bertz CT molecular complexity index is 703. The number of amides is 1. The van der Waals surface area contributed by atoms with Gasteiger partial charge in [-0.2, -0.15) is 0 Å². The van der Waals surface area contributed by atoms with E-state index in [1.54, 1.807) is 0 Å². The quantitative estimate of drug-likeness (QED) is 0.902. The number of fused-ring (bicyclic) bond motifs is 1. The van der Waals surface area contributed by atoms with Crippen molar-refractivity contribution in [2.75, 3.05) is 6.54 Å². The van der Waals surface area contributed by atoms with Crippen molar-refractivity contribution in [3.05, 3.63) is 57.8 Å².